The lowest BCUT2D eigenvalue weighted by atomic mass is 10.2. The van der Waals surface area contributed by atoms with Crippen LogP contribution in [-0.2, 0) is 11.3 Å². The molecule has 1 amide bonds. The van der Waals surface area contributed by atoms with Crippen molar-refractivity contribution >= 4 is 28.5 Å². The first kappa shape index (κ1) is 14.4. The quantitative estimate of drug-likeness (QED) is 0.815. The number of hydrogen-bond acceptors (Lipinski definition) is 3. The SMILES string of the molecule is CC(Cl)c1nc2c(C#N)cccc2n1CC(=O)N(C)C. The van der Waals surface area contributed by atoms with Crippen molar-refractivity contribution < 1.29 is 4.79 Å². The van der Waals surface area contributed by atoms with Gasteiger partial charge in [-0.25, -0.2) is 4.98 Å². The number of carbonyl (C=O) groups is 1. The van der Waals surface area contributed by atoms with Gasteiger partial charge in [-0.2, -0.15) is 5.26 Å². The molecule has 104 valence electrons. The molecule has 1 heterocycles. The van der Waals surface area contributed by atoms with E-state index in [-0.39, 0.29) is 17.8 Å². The summed E-state index contributed by atoms with van der Waals surface area (Å²) in [5, 5.41) is 8.79. The molecule has 6 heteroatoms. The van der Waals surface area contributed by atoms with Crippen LogP contribution in [-0.4, -0.2) is 34.5 Å². The summed E-state index contributed by atoms with van der Waals surface area (Å²) >= 11 is 6.15. The van der Waals surface area contributed by atoms with Crippen molar-refractivity contribution in [2.75, 3.05) is 14.1 Å². The van der Waals surface area contributed by atoms with Crippen molar-refractivity contribution in [1.29, 1.82) is 5.26 Å². The van der Waals surface area contributed by atoms with E-state index in [4.69, 9.17) is 16.9 Å². The fourth-order valence-electron chi connectivity index (χ4n) is 2.00. The van der Waals surface area contributed by atoms with Gasteiger partial charge >= 0.3 is 0 Å². The molecule has 20 heavy (non-hydrogen) atoms. The molecule has 1 aromatic carbocycles. The molecule has 1 unspecified atom stereocenters. The predicted octanol–water partition coefficient (Wildman–Crippen LogP) is 2.30. The summed E-state index contributed by atoms with van der Waals surface area (Å²) in [6.07, 6.45) is 0. The summed E-state index contributed by atoms with van der Waals surface area (Å²) < 4.78 is 1.77. The van der Waals surface area contributed by atoms with Crippen LogP contribution in [0, 0.1) is 11.3 Å². The number of alkyl halides is 1. The van der Waals surface area contributed by atoms with E-state index in [1.807, 2.05) is 6.07 Å². The van der Waals surface area contributed by atoms with Crippen LogP contribution < -0.4 is 0 Å². The smallest absolute Gasteiger partial charge is 0.242 e. The third-order valence-corrected chi connectivity index (χ3v) is 3.27. The van der Waals surface area contributed by atoms with E-state index in [9.17, 15) is 4.79 Å². The van der Waals surface area contributed by atoms with E-state index < -0.39 is 0 Å². The monoisotopic (exact) mass is 290 g/mol. The Bertz CT molecular complexity index is 697. The maximum atomic E-state index is 12.0. The molecule has 1 aromatic heterocycles. The highest BCUT2D eigenvalue weighted by molar-refractivity contribution is 6.20. The van der Waals surface area contributed by atoms with Crippen molar-refractivity contribution in [2.24, 2.45) is 0 Å². The van der Waals surface area contributed by atoms with Crippen LogP contribution in [0.2, 0.25) is 0 Å². The standard InChI is InChI=1S/C14H15ClN4O/c1-9(15)14-17-13-10(7-16)5-4-6-11(13)19(14)8-12(20)18(2)3/h4-6,9H,8H2,1-3H3. The first-order valence-corrected chi connectivity index (χ1v) is 6.62. The number of amides is 1. The molecule has 2 rings (SSSR count). The van der Waals surface area contributed by atoms with Gasteiger partial charge < -0.3 is 9.47 Å². The molecule has 0 aliphatic carbocycles. The molecule has 0 fully saturated rings. The number of likely N-dealkylation sites (N-methyl/N-ethyl adjacent to an activating group) is 1. The number of benzene rings is 1. The number of nitrogens with zero attached hydrogens (tertiary/aromatic N) is 4. The maximum Gasteiger partial charge on any atom is 0.242 e. The number of fused-ring (bicyclic) bond motifs is 1. The van der Waals surface area contributed by atoms with E-state index in [0.717, 1.165) is 5.52 Å². The number of hydrogen-bond donors (Lipinski definition) is 0. The normalized spacial score (nSPS) is 12.2. The zero-order valence-corrected chi connectivity index (χ0v) is 12.3. The van der Waals surface area contributed by atoms with Gasteiger partial charge in [-0.05, 0) is 19.1 Å². The number of aromatic nitrogens is 2. The molecule has 2 aromatic rings. The highest BCUT2D eigenvalue weighted by Gasteiger charge is 2.19. The van der Waals surface area contributed by atoms with Crippen molar-refractivity contribution in [1.82, 2.24) is 14.5 Å². The minimum atomic E-state index is -0.344. The lowest BCUT2D eigenvalue weighted by Crippen LogP contribution is -2.27. The van der Waals surface area contributed by atoms with E-state index in [1.54, 1.807) is 37.7 Å². The topological polar surface area (TPSA) is 61.9 Å². The fourth-order valence-corrected chi connectivity index (χ4v) is 2.17. The summed E-state index contributed by atoms with van der Waals surface area (Å²) in [4.78, 5) is 17.9. The van der Waals surface area contributed by atoms with E-state index in [1.165, 1.54) is 4.90 Å². The molecule has 0 aliphatic heterocycles. The third kappa shape index (κ3) is 2.47. The van der Waals surface area contributed by atoms with Crippen molar-refractivity contribution in [3.8, 4) is 6.07 Å². The Balaban J connectivity index is 2.64. The average molecular weight is 291 g/mol. The largest absolute Gasteiger partial charge is 0.347 e. The highest BCUT2D eigenvalue weighted by Crippen LogP contribution is 2.26. The molecule has 0 N–H and O–H groups in total. The Morgan fingerprint density at radius 1 is 1.55 bits per heavy atom. The van der Waals surface area contributed by atoms with Crippen molar-refractivity contribution in [2.45, 2.75) is 18.8 Å². The van der Waals surface area contributed by atoms with Crippen LogP contribution in [0.3, 0.4) is 0 Å². The molecule has 0 spiro atoms. The lowest BCUT2D eigenvalue weighted by Gasteiger charge is -2.14. The van der Waals surface area contributed by atoms with E-state index in [2.05, 4.69) is 11.1 Å². The van der Waals surface area contributed by atoms with Crippen LogP contribution >= 0.6 is 11.6 Å². The van der Waals surface area contributed by atoms with Gasteiger partial charge in [-0.3, -0.25) is 4.79 Å². The lowest BCUT2D eigenvalue weighted by molar-refractivity contribution is -0.129. The van der Waals surface area contributed by atoms with E-state index in [0.29, 0.717) is 16.9 Å². The second-order valence-electron chi connectivity index (χ2n) is 4.75. The van der Waals surface area contributed by atoms with Crippen LogP contribution in [0.4, 0.5) is 0 Å². The minimum Gasteiger partial charge on any atom is -0.347 e. The van der Waals surface area contributed by atoms with Crippen LogP contribution in [0.15, 0.2) is 18.2 Å². The number of para-hydroxylation sites is 1. The summed E-state index contributed by atoms with van der Waals surface area (Å²) in [5.41, 5.74) is 1.82. The van der Waals surface area contributed by atoms with Crippen LogP contribution in [0.25, 0.3) is 11.0 Å². The Morgan fingerprint density at radius 3 is 2.80 bits per heavy atom. The molecule has 0 bridgehead atoms. The highest BCUT2D eigenvalue weighted by atomic mass is 35.5. The maximum absolute atomic E-state index is 12.0. The van der Waals surface area contributed by atoms with E-state index >= 15 is 0 Å². The van der Waals surface area contributed by atoms with Gasteiger partial charge in [0.05, 0.1) is 16.5 Å². The van der Waals surface area contributed by atoms with Crippen molar-refractivity contribution in [3.63, 3.8) is 0 Å². The zero-order chi connectivity index (χ0) is 14.9. The number of imidazole rings is 1. The molecule has 0 aliphatic rings. The molecular formula is C14H15ClN4O. The summed E-state index contributed by atoms with van der Waals surface area (Å²) in [6, 6.07) is 7.44. The molecule has 0 saturated heterocycles. The van der Waals surface area contributed by atoms with Gasteiger partial charge in [-0.1, -0.05) is 6.07 Å². The van der Waals surface area contributed by atoms with Gasteiger partial charge in [0.2, 0.25) is 5.91 Å². The second-order valence-corrected chi connectivity index (χ2v) is 5.40. The van der Waals surface area contributed by atoms with Gasteiger partial charge in [0, 0.05) is 14.1 Å². The number of halogens is 1. The summed E-state index contributed by atoms with van der Waals surface area (Å²) in [6.45, 7) is 1.95. The Kier molecular flexibility index (Phi) is 3.96. The summed E-state index contributed by atoms with van der Waals surface area (Å²) in [7, 11) is 3.40. The first-order chi connectivity index (χ1) is 9.45. The summed E-state index contributed by atoms with van der Waals surface area (Å²) in [5.74, 6) is 0.546. The average Bonchev–Trinajstić information content (AvgIpc) is 2.77. The molecule has 1 atom stereocenters. The van der Waals surface area contributed by atoms with Gasteiger partial charge in [0.1, 0.15) is 24.0 Å². The Hall–Kier alpha value is -2.06. The molecule has 5 nitrogen and oxygen atoms in total. The van der Waals surface area contributed by atoms with Crippen LogP contribution in [0.1, 0.15) is 23.7 Å². The first-order valence-electron chi connectivity index (χ1n) is 6.19. The predicted molar refractivity (Wildman–Crippen MR) is 77.4 cm³/mol. The zero-order valence-electron chi connectivity index (χ0n) is 11.6. The molecular weight excluding hydrogens is 276 g/mol. The number of rotatable bonds is 3. The minimum absolute atomic E-state index is 0.0507. The van der Waals surface area contributed by atoms with Gasteiger partial charge in [0.25, 0.3) is 0 Å². The Labute approximate surface area is 122 Å². The molecule has 0 saturated carbocycles. The third-order valence-electron chi connectivity index (χ3n) is 3.08. The Morgan fingerprint density at radius 2 is 2.25 bits per heavy atom. The number of carbonyl (C=O) groups excluding carboxylic acids is 1. The van der Waals surface area contributed by atoms with Gasteiger partial charge in [-0.15, -0.1) is 11.6 Å². The van der Waals surface area contributed by atoms with Crippen LogP contribution in [0.5, 0.6) is 0 Å². The second kappa shape index (κ2) is 5.51. The fraction of sp³-hybridized carbons (Fsp3) is 0.357. The molecule has 0 radical (unpaired) electrons. The van der Waals surface area contributed by atoms with Crippen molar-refractivity contribution in [3.05, 3.63) is 29.6 Å². The number of nitriles is 1. The van der Waals surface area contributed by atoms with Gasteiger partial charge in [0.15, 0.2) is 0 Å².